The number of benzene rings is 1. The molecule has 2 atom stereocenters. The summed E-state index contributed by atoms with van der Waals surface area (Å²) in [6.07, 6.45) is 7.20. The summed E-state index contributed by atoms with van der Waals surface area (Å²) < 4.78 is 0.255. The second-order valence-electron chi connectivity index (χ2n) is 8.31. The molecule has 1 amide bonds. The molecule has 0 saturated heterocycles. The number of alkyl halides is 1. The van der Waals surface area contributed by atoms with E-state index in [-0.39, 0.29) is 9.74 Å². The van der Waals surface area contributed by atoms with E-state index in [1.54, 1.807) is 0 Å². The van der Waals surface area contributed by atoms with Crippen LogP contribution in [0.2, 0.25) is 0 Å². The Morgan fingerprint density at radius 2 is 1.88 bits per heavy atom. The van der Waals surface area contributed by atoms with E-state index >= 15 is 0 Å². The molecule has 1 aromatic rings. The summed E-state index contributed by atoms with van der Waals surface area (Å²) >= 11 is 5.82. The molecule has 4 saturated carbocycles. The van der Waals surface area contributed by atoms with Gasteiger partial charge in [-0.05, 0) is 69.4 Å². The maximum atomic E-state index is 13.0. The van der Waals surface area contributed by atoms with Gasteiger partial charge in [0.1, 0.15) is 0 Å². The largest absolute Gasteiger partial charge is 0.355 e. The van der Waals surface area contributed by atoms with Crippen molar-refractivity contribution in [2.45, 2.75) is 54.7 Å². The van der Waals surface area contributed by atoms with Crippen molar-refractivity contribution in [3.05, 3.63) is 29.8 Å². The Bertz CT molecular complexity index is 615. The fourth-order valence-corrected chi connectivity index (χ4v) is 7.79. The van der Waals surface area contributed by atoms with Crippen LogP contribution >= 0.6 is 27.7 Å². The van der Waals surface area contributed by atoms with Crippen molar-refractivity contribution in [2.24, 2.45) is 17.3 Å². The Balaban J connectivity index is 1.31. The zero-order chi connectivity index (χ0) is 16.8. The van der Waals surface area contributed by atoms with E-state index in [0.29, 0.717) is 5.91 Å². The molecule has 0 aliphatic heterocycles. The second kappa shape index (κ2) is 6.35. The number of rotatable bonds is 5. The van der Waals surface area contributed by atoms with Crippen molar-refractivity contribution >= 4 is 33.6 Å². The Kier molecular flexibility index (Phi) is 4.49. The van der Waals surface area contributed by atoms with Gasteiger partial charge >= 0.3 is 0 Å². The maximum Gasteiger partial charge on any atom is 0.226 e. The molecular formula is C20H26BrNOS. The highest BCUT2D eigenvalue weighted by Gasteiger charge is 2.59. The fourth-order valence-electron chi connectivity index (χ4n) is 5.57. The lowest BCUT2D eigenvalue weighted by Crippen LogP contribution is -2.58. The molecule has 0 heterocycles. The first kappa shape index (κ1) is 17.0. The molecule has 4 bridgehead atoms. The summed E-state index contributed by atoms with van der Waals surface area (Å²) in [5, 5.41) is 3.26. The lowest BCUT2D eigenvalue weighted by atomic mass is 9.49. The fraction of sp³-hybridized carbons (Fsp3) is 0.650. The molecule has 1 aromatic carbocycles. The van der Waals surface area contributed by atoms with Gasteiger partial charge in [0.2, 0.25) is 5.91 Å². The van der Waals surface area contributed by atoms with Gasteiger partial charge in [0.15, 0.2) is 0 Å². The minimum Gasteiger partial charge on any atom is -0.355 e. The van der Waals surface area contributed by atoms with E-state index < -0.39 is 0 Å². The molecule has 4 fully saturated rings. The van der Waals surface area contributed by atoms with Gasteiger partial charge in [0.25, 0.3) is 0 Å². The highest BCUT2D eigenvalue weighted by molar-refractivity contribution is 9.10. The summed E-state index contributed by atoms with van der Waals surface area (Å²) in [7, 11) is 0. The average Bonchev–Trinajstić information content (AvgIpc) is 2.50. The summed E-state index contributed by atoms with van der Waals surface area (Å²) in [5.41, 5.74) is 1.21. The summed E-state index contributed by atoms with van der Waals surface area (Å²) in [6, 6.07) is 8.61. The van der Waals surface area contributed by atoms with Crippen LogP contribution in [0.5, 0.6) is 0 Å². The molecule has 0 radical (unpaired) electrons. The first-order chi connectivity index (χ1) is 11.5. The van der Waals surface area contributed by atoms with E-state index in [4.69, 9.17) is 0 Å². The average molecular weight is 408 g/mol. The van der Waals surface area contributed by atoms with E-state index in [0.717, 1.165) is 43.4 Å². The normalized spacial score (nSPS) is 36.8. The topological polar surface area (TPSA) is 29.1 Å². The molecule has 5 rings (SSSR count). The summed E-state index contributed by atoms with van der Waals surface area (Å²) in [4.78, 5) is 14.2. The monoisotopic (exact) mass is 407 g/mol. The molecule has 4 aliphatic carbocycles. The van der Waals surface area contributed by atoms with Crippen molar-refractivity contribution in [3.8, 4) is 0 Å². The van der Waals surface area contributed by atoms with Crippen LogP contribution in [0.4, 0.5) is 0 Å². The number of aryl methyl sites for hydroxylation is 1. The quantitative estimate of drug-likeness (QED) is 0.425. The van der Waals surface area contributed by atoms with Gasteiger partial charge in [-0.25, -0.2) is 0 Å². The third-order valence-electron chi connectivity index (χ3n) is 6.15. The third-order valence-corrected chi connectivity index (χ3v) is 8.09. The SMILES string of the molecule is Cc1ccc(SCCNC(=O)C23CC4CC(CC(Br)(C4)C2)C3)cc1. The van der Waals surface area contributed by atoms with E-state index in [9.17, 15) is 4.79 Å². The first-order valence-corrected chi connectivity index (χ1v) is 10.9. The Hall–Kier alpha value is -0.480. The van der Waals surface area contributed by atoms with Crippen LogP contribution in [0.1, 0.15) is 44.1 Å². The number of carbonyl (C=O) groups is 1. The third kappa shape index (κ3) is 3.29. The van der Waals surface area contributed by atoms with Crippen LogP contribution in [-0.4, -0.2) is 22.5 Å². The van der Waals surface area contributed by atoms with Crippen LogP contribution in [0.3, 0.4) is 0 Å². The van der Waals surface area contributed by atoms with Crippen molar-refractivity contribution in [2.75, 3.05) is 12.3 Å². The molecule has 2 unspecified atom stereocenters. The molecule has 1 N–H and O–H groups in total. The Morgan fingerprint density at radius 1 is 1.21 bits per heavy atom. The zero-order valence-corrected chi connectivity index (χ0v) is 16.7. The van der Waals surface area contributed by atoms with E-state index in [1.807, 2.05) is 11.8 Å². The summed E-state index contributed by atoms with van der Waals surface area (Å²) in [5.74, 6) is 2.79. The molecule has 4 heteroatoms. The Morgan fingerprint density at radius 3 is 2.50 bits per heavy atom. The van der Waals surface area contributed by atoms with Gasteiger partial charge in [-0.2, -0.15) is 0 Å². The molecule has 24 heavy (non-hydrogen) atoms. The number of amides is 1. The molecular weight excluding hydrogens is 382 g/mol. The van der Waals surface area contributed by atoms with Crippen LogP contribution in [0.25, 0.3) is 0 Å². The van der Waals surface area contributed by atoms with Gasteiger partial charge in [-0.3, -0.25) is 4.79 Å². The highest BCUT2D eigenvalue weighted by atomic mass is 79.9. The van der Waals surface area contributed by atoms with Crippen LogP contribution in [0, 0.1) is 24.2 Å². The second-order valence-corrected chi connectivity index (χ2v) is 11.2. The number of hydrogen-bond acceptors (Lipinski definition) is 2. The van der Waals surface area contributed by atoms with Crippen molar-refractivity contribution in [1.82, 2.24) is 5.32 Å². The van der Waals surface area contributed by atoms with Crippen molar-refractivity contribution in [3.63, 3.8) is 0 Å². The number of carbonyl (C=O) groups excluding carboxylic acids is 1. The predicted octanol–water partition coefficient (Wildman–Crippen LogP) is 4.94. The number of thioether (sulfide) groups is 1. The number of hydrogen-bond donors (Lipinski definition) is 1. The molecule has 0 spiro atoms. The lowest BCUT2D eigenvalue weighted by Gasteiger charge is -2.59. The van der Waals surface area contributed by atoms with Crippen LogP contribution < -0.4 is 5.32 Å². The maximum absolute atomic E-state index is 13.0. The molecule has 4 aliphatic rings. The number of halogens is 1. The molecule has 2 nitrogen and oxygen atoms in total. The lowest BCUT2D eigenvalue weighted by molar-refractivity contribution is -0.143. The Labute approximate surface area is 157 Å². The van der Waals surface area contributed by atoms with Gasteiger partial charge in [0, 0.05) is 21.5 Å². The zero-order valence-electron chi connectivity index (χ0n) is 14.3. The van der Waals surface area contributed by atoms with Crippen molar-refractivity contribution in [1.29, 1.82) is 0 Å². The predicted molar refractivity (Wildman–Crippen MR) is 104 cm³/mol. The molecule has 0 aromatic heterocycles. The minimum absolute atomic E-state index is 0.0812. The smallest absolute Gasteiger partial charge is 0.226 e. The summed E-state index contributed by atoms with van der Waals surface area (Å²) in [6.45, 7) is 2.88. The highest BCUT2D eigenvalue weighted by Crippen LogP contribution is 2.64. The van der Waals surface area contributed by atoms with E-state index in [1.165, 1.54) is 29.7 Å². The van der Waals surface area contributed by atoms with Gasteiger partial charge in [-0.15, -0.1) is 11.8 Å². The van der Waals surface area contributed by atoms with Gasteiger partial charge in [0.05, 0.1) is 5.41 Å². The first-order valence-electron chi connectivity index (χ1n) is 9.13. The van der Waals surface area contributed by atoms with E-state index in [2.05, 4.69) is 52.4 Å². The van der Waals surface area contributed by atoms with Gasteiger partial charge < -0.3 is 5.32 Å². The van der Waals surface area contributed by atoms with Crippen LogP contribution in [0.15, 0.2) is 29.2 Å². The molecule has 130 valence electrons. The van der Waals surface area contributed by atoms with Gasteiger partial charge in [-0.1, -0.05) is 33.6 Å². The van der Waals surface area contributed by atoms with Crippen LogP contribution in [-0.2, 0) is 4.79 Å². The standard InChI is InChI=1S/C20H26BrNOS/c1-14-2-4-17(5-3-14)24-7-6-22-18(23)19-9-15-8-16(10-19)12-20(21,11-15)13-19/h2-5,15-16H,6-13H2,1H3,(H,22,23). The van der Waals surface area contributed by atoms with Crippen molar-refractivity contribution < 1.29 is 4.79 Å². The number of nitrogens with one attached hydrogen (secondary N) is 1. The minimum atomic E-state index is -0.0812.